The zero-order chi connectivity index (χ0) is 9.14. The number of hydrogen-bond donors (Lipinski definition) is 0. The van der Waals surface area contributed by atoms with Gasteiger partial charge in [0.25, 0.3) is 0 Å². The topological polar surface area (TPSA) is 9.23 Å². The van der Waals surface area contributed by atoms with Gasteiger partial charge in [-0.2, -0.15) is 0 Å². The molecule has 0 N–H and O–H groups in total. The van der Waals surface area contributed by atoms with Gasteiger partial charge < -0.3 is 4.74 Å². The minimum absolute atomic E-state index is 0.148. The van der Waals surface area contributed by atoms with Crippen LogP contribution in [0.15, 0.2) is 16.6 Å². The van der Waals surface area contributed by atoms with Crippen LogP contribution in [0, 0.1) is 5.82 Å². The normalized spacial score (nSPS) is 10.0. The molecule has 0 fully saturated rings. The van der Waals surface area contributed by atoms with Gasteiger partial charge >= 0.3 is 0 Å². The van der Waals surface area contributed by atoms with Crippen LogP contribution in [0.2, 0.25) is 0 Å². The van der Waals surface area contributed by atoms with Crippen molar-refractivity contribution in [3.8, 4) is 5.75 Å². The Morgan fingerprint density at radius 3 is 2.75 bits per heavy atom. The number of benzene rings is 1. The quantitative estimate of drug-likeness (QED) is 0.735. The first-order valence-corrected chi connectivity index (χ1v) is 4.60. The van der Waals surface area contributed by atoms with E-state index in [1.807, 2.05) is 0 Å². The Labute approximate surface area is 83.6 Å². The summed E-state index contributed by atoms with van der Waals surface area (Å²) in [6.45, 7) is 0. The van der Waals surface area contributed by atoms with E-state index in [9.17, 15) is 4.39 Å². The highest BCUT2D eigenvalue weighted by atomic mass is 79.9. The molecule has 12 heavy (non-hydrogen) atoms. The molecule has 0 unspecified atom stereocenters. The molecular weight excluding hydrogens is 246 g/mol. The molecule has 66 valence electrons. The van der Waals surface area contributed by atoms with E-state index in [-0.39, 0.29) is 11.6 Å². The summed E-state index contributed by atoms with van der Waals surface area (Å²) >= 11 is 8.67. The molecule has 1 aromatic carbocycles. The maximum atomic E-state index is 13.3. The first-order chi connectivity index (χ1) is 5.70. The molecule has 0 saturated carbocycles. The summed E-state index contributed by atoms with van der Waals surface area (Å²) in [5, 5.41) is 0. The highest BCUT2D eigenvalue weighted by Gasteiger charge is 2.11. The Bertz CT molecular complexity index is 291. The lowest BCUT2D eigenvalue weighted by molar-refractivity contribution is 0.382. The molecule has 1 rings (SSSR count). The molecule has 0 aromatic heterocycles. The van der Waals surface area contributed by atoms with Crippen molar-refractivity contribution in [2.45, 2.75) is 5.88 Å². The Kier molecular flexibility index (Phi) is 3.35. The van der Waals surface area contributed by atoms with Crippen molar-refractivity contribution in [3.05, 3.63) is 28.0 Å². The van der Waals surface area contributed by atoms with Gasteiger partial charge in [0.2, 0.25) is 0 Å². The Hall–Kier alpha value is -0.280. The molecule has 1 nitrogen and oxygen atoms in total. The first kappa shape index (κ1) is 9.81. The van der Waals surface area contributed by atoms with Crippen LogP contribution in [0.25, 0.3) is 0 Å². The second-order valence-corrected chi connectivity index (χ2v) is 3.31. The fourth-order valence-electron chi connectivity index (χ4n) is 0.864. The predicted octanol–water partition coefficient (Wildman–Crippen LogP) is 3.34. The van der Waals surface area contributed by atoms with E-state index in [4.69, 9.17) is 16.3 Å². The first-order valence-electron chi connectivity index (χ1n) is 3.27. The summed E-state index contributed by atoms with van der Waals surface area (Å²) in [6, 6.07) is 3.33. The van der Waals surface area contributed by atoms with Gasteiger partial charge in [0.1, 0.15) is 0 Å². The highest BCUT2D eigenvalue weighted by Crippen LogP contribution is 2.30. The predicted molar refractivity (Wildman–Crippen MR) is 50.2 cm³/mol. The molecule has 0 spiro atoms. The van der Waals surface area contributed by atoms with Crippen LogP contribution >= 0.6 is 27.5 Å². The molecule has 0 atom stereocenters. The Balaban J connectivity index is 3.24. The molecule has 0 bridgehead atoms. The van der Waals surface area contributed by atoms with Crippen molar-refractivity contribution in [1.82, 2.24) is 0 Å². The third-order valence-corrected chi connectivity index (χ3v) is 2.39. The van der Waals surface area contributed by atoms with Crippen LogP contribution in [-0.2, 0) is 5.88 Å². The fraction of sp³-hybridized carbons (Fsp3) is 0.250. The number of hydrogen-bond acceptors (Lipinski definition) is 1. The SMILES string of the molecule is COc1c(Br)ccc(CCl)c1F. The van der Waals surface area contributed by atoms with E-state index >= 15 is 0 Å². The van der Waals surface area contributed by atoms with Crippen LogP contribution in [0.4, 0.5) is 4.39 Å². The van der Waals surface area contributed by atoms with E-state index in [1.165, 1.54) is 7.11 Å². The van der Waals surface area contributed by atoms with Crippen molar-refractivity contribution < 1.29 is 9.13 Å². The summed E-state index contributed by atoms with van der Waals surface area (Å²) < 4.78 is 18.7. The van der Waals surface area contributed by atoms with Gasteiger partial charge in [0.15, 0.2) is 11.6 Å². The number of halogens is 3. The minimum Gasteiger partial charge on any atom is -0.492 e. The average Bonchev–Trinajstić information content (AvgIpc) is 2.06. The standard InChI is InChI=1S/C8H7BrClFO/c1-12-8-6(9)3-2-5(4-10)7(8)11/h2-3H,4H2,1H3. The van der Waals surface area contributed by atoms with Gasteiger partial charge in [-0.1, -0.05) is 6.07 Å². The van der Waals surface area contributed by atoms with Gasteiger partial charge in [-0.25, -0.2) is 4.39 Å². The Morgan fingerprint density at radius 2 is 2.25 bits per heavy atom. The van der Waals surface area contributed by atoms with E-state index in [1.54, 1.807) is 12.1 Å². The van der Waals surface area contributed by atoms with Crippen molar-refractivity contribution >= 4 is 27.5 Å². The molecule has 0 aliphatic rings. The molecule has 4 heteroatoms. The monoisotopic (exact) mass is 252 g/mol. The number of rotatable bonds is 2. The summed E-state index contributed by atoms with van der Waals surface area (Å²) in [4.78, 5) is 0. The summed E-state index contributed by atoms with van der Waals surface area (Å²) in [5.41, 5.74) is 0.441. The van der Waals surface area contributed by atoms with Gasteiger partial charge in [-0.05, 0) is 22.0 Å². The van der Waals surface area contributed by atoms with E-state index in [0.717, 1.165) is 0 Å². The zero-order valence-electron chi connectivity index (χ0n) is 6.40. The zero-order valence-corrected chi connectivity index (χ0v) is 8.75. The maximum absolute atomic E-state index is 13.3. The van der Waals surface area contributed by atoms with E-state index < -0.39 is 5.82 Å². The third-order valence-electron chi connectivity index (χ3n) is 1.48. The molecule has 1 aromatic rings. The van der Waals surface area contributed by atoms with Crippen LogP contribution < -0.4 is 4.74 Å². The number of methoxy groups -OCH3 is 1. The Morgan fingerprint density at radius 1 is 1.58 bits per heavy atom. The van der Waals surface area contributed by atoms with Crippen LogP contribution in [0.1, 0.15) is 5.56 Å². The summed E-state index contributed by atoms with van der Waals surface area (Å²) in [6.07, 6.45) is 0. The largest absolute Gasteiger partial charge is 0.492 e. The van der Waals surface area contributed by atoms with Crippen molar-refractivity contribution in [2.75, 3.05) is 7.11 Å². The fourth-order valence-corrected chi connectivity index (χ4v) is 1.54. The summed E-state index contributed by atoms with van der Waals surface area (Å²) in [5.74, 6) is -0.0508. The molecule has 0 amide bonds. The minimum atomic E-state index is -0.401. The number of alkyl halides is 1. The van der Waals surface area contributed by atoms with Crippen LogP contribution in [0.3, 0.4) is 0 Å². The second-order valence-electron chi connectivity index (χ2n) is 2.19. The van der Waals surface area contributed by atoms with Crippen molar-refractivity contribution in [1.29, 1.82) is 0 Å². The molecule has 0 radical (unpaired) electrons. The smallest absolute Gasteiger partial charge is 0.170 e. The number of ether oxygens (including phenoxy) is 1. The highest BCUT2D eigenvalue weighted by molar-refractivity contribution is 9.10. The van der Waals surface area contributed by atoms with Gasteiger partial charge in [0, 0.05) is 5.56 Å². The van der Waals surface area contributed by atoms with E-state index in [2.05, 4.69) is 15.9 Å². The molecule has 0 aliphatic carbocycles. The van der Waals surface area contributed by atoms with Gasteiger partial charge in [-0.3, -0.25) is 0 Å². The molecule has 0 heterocycles. The lowest BCUT2D eigenvalue weighted by Crippen LogP contribution is -1.93. The molecule has 0 aliphatic heterocycles. The molecular formula is C8H7BrClFO. The lowest BCUT2D eigenvalue weighted by atomic mass is 10.2. The third kappa shape index (κ3) is 1.72. The van der Waals surface area contributed by atoms with Gasteiger partial charge in [0.05, 0.1) is 17.5 Å². The van der Waals surface area contributed by atoms with Gasteiger partial charge in [-0.15, -0.1) is 11.6 Å². The second kappa shape index (κ2) is 4.10. The average molecular weight is 253 g/mol. The van der Waals surface area contributed by atoms with Crippen molar-refractivity contribution in [2.24, 2.45) is 0 Å². The van der Waals surface area contributed by atoms with E-state index in [0.29, 0.717) is 10.0 Å². The summed E-state index contributed by atoms with van der Waals surface area (Å²) in [7, 11) is 1.42. The van der Waals surface area contributed by atoms with Crippen LogP contribution in [0.5, 0.6) is 5.75 Å². The maximum Gasteiger partial charge on any atom is 0.170 e. The lowest BCUT2D eigenvalue weighted by Gasteiger charge is -2.06. The van der Waals surface area contributed by atoms with Crippen LogP contribution in [-0.4, -0.2) is 7.11 Å². The molecule has 0 saturated heterocycles. The van der Waals surface area contributed by atoms with Crippen molar-refractivity contribution in [3.63, 3.8) is 0 Å².